The van der Waals surface area contributed by atoms with Crippen molar-refractivity contribution in [1.29, 1.82) is 0 Å². The highest BCUT2D eigenvalue weighted by Gasteiger charge is 2.29. The summed E-state index contributed by atoms with van der Waals surface area (Å²) >= 11 is 0. The van der Waals surface area contributed by atoms with E-state index in [1.807, 2.05) is 35.9 Å². The lowest BCUT2D eigenvalue weighted by Crippen LogP contribution is -2.32. The largest absolute Gasteiger partial charge is 0.497 e. The number of nitro groups is 1. The molecule has 11 heteroatoms. The third-order valence-corrected chi connectivity index (χ3v) is 8.11. The van der Waals surface area contributed by atoms with Gasteiger partial charge in [-0.3, -0.25) is 10.1 Å². The molecule has 1 aromatic heterocycles. The van der Waals surface area contributed by atoms with Crippen LogP contribution in [0.5, 0.6) is 5.75 Å². The van der Waals surface area contributed by atoms with Crippen molar-refractivity contribution in [3.63, 3.8) is 0 Å². The summed E-state index contributed by atoms with van der Waals surface area (Å²) in [6.07, 6.45) is 6.96. The van der Waals surface area contributed by atoms with Crippen molar-refractivity contribution in [3.05, 3.63) is 76.4 Å². The van der Waals surface area contributed by atoms with Crippen LogP contribution < -0.4 is 10.1 Å². The minimum atomic E-state index is -3.83. The second-order valence-electron chi connectivity index (χ2n) is 8.50. The Labute approximate surface area is 204 Å². The van der Waals surface area contributed by atoms with Gasteiger partial charge in [-0.1, -0.05) is 25.0 Å². The number of ether oxygens (including phenoxy) is 1. The van der Waals surface area contributed by atoms with Crippen LogP contribution in [-0.2, 0) is 17.1 Å². The summed E-state index contributed by atoms with van der Waals surface area (Å²) in [5.41, 5.74) is 0.665. The summed E-state index contributed by atoms with van der Waals surface area (Å²) < 4.78 is 35.1. The molecule has 10 nitrogen and oxygen atoms in total. The maximum Gasteiger partial charge on any atom is 0.293 e. The van der Waals surface area contributed by atoms with Gasteiger partial charge in [-0.15, -0.1) is 0 Å². The van der Waals surface area contributed by atoms with Crippen LogP contribution in [0.1, 0.15) is 43.1 Å². The molecule has 0 radical (unpaired) electrons. The molecule has 1 atom stereocenters. The molecular weight excluding hydrogens is 470 g/mol. The van der Waals surface area contributed by atoms with Gasteiger partial charge < -0.3 is 14.6 Å². The molecule has 1 unspecified atom stereocenters. The molecule has 1 saturated heterocycles. The Balaban J connectivity index is 1.73. The Morgan fingerprint density at radius 1 is 1.11 bits per heavy atom. The van der Waals surface area contributed by atoms with Crippen LogP contribution in [0.25, 0.3) is 0 Å². The van der Waals surface area contributed by atoms with Crippen LogP contribution in [0, 0.1) is 10.1 Å². The van der Waals surface area contributed by atoms with Crippen LogP contribution in [0.3, 0.4) is 0 Å². The van der Waals surface area contributed by atoms with Crippen molar-refractivity contribution in [1.82, 2.24) is 13.9 Å². The SMILES string of the molecule is COc1cccc(C(Nc2ccc(S(=O)(=O)N3CCCCCC3)cc2[N+](=O)[O-])c2nccn2C)c1. The minimum absolute atomic E-state index is 0.0772. The molecule has 2 heterocycles. The number of nitrogens with zero attached hydrogens (tertiary/aromatic N) is 4. The molecule has 0 aliphatic carbocycles. The fourth-order valence-corrected chi connectivity index (χ4v) is 5.84. The average Bonchev–Trinajstić information content (AvgIpc) is 3.09. The van der Waals surface area contributed by atoms with Gasteiger partial charge in [-0.05, 0) is 42.7 Å². The predicted octanol–water partition coefficient (Wildman–Crippen LogP) is 4.10. The van der Waals surface area contributed by atoms with Gasteiger partial charge in [0.15, 0.2) is 0 Å². The molecule has 4 rings (SSSR count). The zero-order valence-corrected chi connectivity index (χ0v) is 20.6. The standard InChI is InChI=1S/C24H29N5O5S/c1-27-15-12-25-24(27)23(18-8-7-9-19(16-18)34-2)26-21-11-10-20(17-22(21)29(30)31)35(32,33)28-13-5-3-4-6-14-28/h7-12,15-17,23,26H,3-6,13-14H2,1-2H3. The first-order valence-corrected chi connectivity index (χ1v) is 12.9. The van der Waals surface area contributed by atoms with Crippen LogP contribution in [0.4, 0.5) is 11.4 Å². The molecule has 3 aromatic rings. The lowest BCUT2D eigenvalue weighted by Gasteiger charge is -2.22. The molecule has 0 bridgehead atoms. The number of hydrogen-bond acceptors (Lipinski definition) is 7. The fraction of sp³-hybridized carbons (Fsp3) is 0.375. The van der Waals surface area contributed by atoms with E-state index in [2.05, 4.69) is 10.3 Å². The number of anilines is 1. The average molecular weight is 500 g/mol. The highest BCUT2D eigenvalue weighted by Crippen LogP contribution is 2.34. The molecule has 1 aliphatic rings. The highest BCUT2D eigenvalue weighted by molar-refractivity contribution is 7.89. The monoisotopic (exact) mass is 499 g/mol. The fourth-order valence-electron chi connectivity index (χ4n) is 4.30. The third kappa shape index (κ3) is 5.30. The number of nitrogens with one attached hydrogen (secondary N) is 1. The zero-order valence-electron chi connectivity index (χ0n) is 19.8. The zero-order chi connectivity index (χ0) is 25.0. The molecule has 0 saturated carbocycles. The summed E-state index contributed by atoms with van der Waals surface area (Å²) in [6, 6.07) is 10.8. The Bertz CT molecular complexity index is 1300. The molecule has 1 aliphatic heterocycles. The van der Waals surface area contributed by atoms with Gasteiger partial charge in [0.2, 0.25) is 10.0 Å². The molecular formula is C24H29N5O5S. The van der Waals surface area contributed by atoms with Crippen molar-refractivity contribution in [2.45, 2.75) is 36.6 Å². The van der Waals surface area contributed by atoms with Crippen LogP contribution in [-0.4, -0.2) is 47.4 Å². The topological polar surface area (TPSA) is 120 Å². The van der Waals surface area contributed by atoms with Crippen LogP contribution in [0.2, 0.25) is 0 Å². The molecule has 0 amide bonds. The number of aromatic nitrogens is 2. The summed E-state index contributed by atoms with van der Waals surface area (Å²) in [5, 5.41) is 15.2. The first kappa shape index (κ1) is 24.7. The van der Waals surface area contributed by atoms with Gasteiger partial charge in [0.1, 0.15) is 23.3 Å². The van der Waals surface area contributed by atoms with E-state index in [1.165, 1.54) is 16.4 Å². The first-order valence-electron chi connectivity index (χ1n) is 11.5. The summed E-state index contributed by atoms with van der Waals surface area (Å²) in [4.78, 5) is 15.8. The summed E-state index contributed by atoms with van der Waals surface area (Å²) in [6.45, 7) is 0.848. The van der Waals surface area contributed by atoms with Crippen molar-refractivity contribution < 1.29 is 18.1 Å². The lowest BCUT2D eigenvalue weighted by molar-refractivity contribution is -0.384. The van der Waals surface area contributed by atoms with E-state index in [1.54, 1.807) is 19.5 Å². The van der Waals surface area contributed by atoms with Gasteiger partial charge in [0, 0.05) is 38.6 Å². The van der Waals surface area contributed by atoms with Gasteiger partial charge >= 0.3 is 0 Å². The molecule has 1 N–H and O–H groups in total. The van der Waals surface area contributed by atoms with Crippen molar-refractivity contribution in [3.8, 4) is 5.75 Å². The van der Waals surface area contributed by atoms with Crippen molar-refractivity contribution >= 4 is 21.4 Å². The highest BCUT2D eigenvalue weighted by atomic mass is 32.2. The Morgan fingerprint density at radius 3 is 2.49 bits per heavy atom. The number of rotatable bonds is 8. The van der Waals surface area contributed by atoms with E-state index in [0.29, 0.717) is 24.7 Å². The normalized spacial score (nSPS) is 15.8. The van der Waals surface area contributed by atoms with Crippen molar-refractivity contribution in [2.24, 2.45) is 7.05 Å². The number of imidazole rings is 1. The second-order valence-corrected chi connectivity index (χ2v) is 10.4. The quantitative estimate of drug-likeness (QED) is 0.366. The molecule has 0 spiro atoms. The Kier molecular flexibility index (Phi) is 7.37. The van der Waals surface area contributed by atoms with Gasteiger partial charge in [0.25, 0.3) is 5.69 Å². The van der Waals surface area contributed by atoms with Crippen LogP contribution >= 0.6 is 0 Å². The van der Waals surface area contributed by atoms with Gasteiger partial charge in [-0.2, -0.15) is 4.31 Å². The first-order chi connectivity index (χ1) is 16.8. The number of nitro benzene ring substituents is 1. The molecule has 35 heavy (non-hydrogen) atoms. The Morgan fingerprint density at radius 2 is 1.86 bits per heavy atom. The number of methoxy groups -OCH3 is 1. The number of hydrogen-bond donors (Lipinski definition) is 1. The summed E-state index contributed by atoms with van der Waals surface area (Å²) in [7, 11) is -0.428. The smallest absolute Gasteiger partial charge is 0.293 e. The van der Waals surface area contributed by atoms with E-state index in [9.17, 15) is 18.5 Å². The maximum absolute atomic E-state index is 13.2. The number of aryl methyl sites for hydroxylation is 1. The second kappa shape index (κ2) is 10.4. The number of benzene rings is 2. The Hall–Kier alpha value is -3.44. The maximum atomic E-state index is 13.2. The van der Waals surface area contributed by atoms with Crippen molar-refractivity contribution in [2.75, 3.05) is 25.5 Å². The molecule has 186 valence electrons. The van der Waals surface area contributed by atoms with E-state index >= 15 is 0 Å². The predicted molar refractivity (Wildman–Crippen MR) is 132 cm³/mol. The summed E-state index contributed by atoms with van der Waals surface area (Å²) in [5.74, 6) is 1.27. The number of sulfonamides is 1. The van der Waals surface area contributed by atoms with E-state index in [-0.39, 0.29) is 16.3 Å². The van der Waals surface area contributed by atoms with E-state index < -0.39 is 21.0 Å². The van der Waals surface area contributed by atoms with Gasteiger partial charge in [-0.25, -0.2) is 13.4 Å². The van der Waals surface area contributed by atoms with Crippen LogP contribution in [0.15, 0.2) is 59.8 Å². The lowest BCUT2D eigenvalue weighted by atomic mass is 10.0. The van der Waals surface area contributed by atoms with E-state index in [0.717, 1.165) is 37.3 Å². The minimum Gasteiger partial charge on any atom is -0.497 e. The van der Waals surface area contributed by atoms with E-state index in [4.69, 9.17) is 4.74 Å². The molecule has 1 fully saturated rings. The van der Waals surface area contributed by atoms with Gasteiger partial charge in [0.05, 0.1) is 16.9 Å². The molecule has 2 aromatic carbocycles. The third-order valence-electron chi connectivity index (χ3n) is 6.21.